The number of allylic oxidation sites excluding steroid dienone is 10. The van der Waals surface area contributed by atoms with Gasteiger partial charge in [-0.2, -0.15) is 0 Å². The molecule has 0 aromatic heterocycles. The average Bonchev–Trinajstić information content (AvgIpc) is 2.51. The van der Waals surface area contributed by atoms with Crippen LogP contribution in [-0.4, -0.2) is 11.5 Å². The van der Waals surface area contributed by atoms with Crippen LogP contribution >= 0.6 is 23.5 Å². The molecule has 1 rings (SSSR count). The fourth-order valence-electron chi connectivity index (χ4n) is 1.58. The van der Waals surface area contributed by atoms with Crippen molar-refractivity contribution in [1.29, 1.82) is 0 Å². The molecule has 1 aliphatic heterocycles. The molecule has 21 heavy (non-hydrogen) atoms. The molecule has 112 valence electrons. The third-order valence-electron chi connectivity index (χ3n) is 2.84. The summed E-state index contributed by atoms with van der Waals surface area (Å²) in [7, 11) is 0. The Morgan fingerprint density at radius 1 is 1.33 bits per heavy atom. The maximum Gasteiger partial charge on any atom is 0.0233 e. The van der Waals surface area contributed by atoms with Gasteiger partial charge in [0.15, 0.2) is 0 Å². The lowest BCUT2D eigenvalue weighted by molar-refractivity contribution is 1.44. The van der Waals surface area contributed by atoms with Crippen molar-refractivity contribution in [2.45, 2.75) is 20.8 Å². The van der Waals surface area contributed by atoms with Gasteiger partial charge in [0.2, 0.25) is 0 Å². The summed E-state index contributed by atoms with van der Waals surface area (Å²) in [6, 6.07) is 0. The van der Waals surface area contributed by atoms with Gasteiger partial charge in [0.1, 0.15) is 0 Å². The minimum atomic E-state index is 1.03. The molecule has 0 aromatic rings. The lowest BCUT2D eigenvalue weighted by Gasteiger charge is -2.10. The summed E-state index contributed by atoms with van der Waals surface area (Å²) >= 11 is 3.76. The standard InChI is InChI=1S/C19H24S2/c1-5-7-8-9-18-12-19(14-20-13-18)15-21-17(4)11-10-16(3)6-2/h5-12,14H,2,13,15H2,1,3-4H3/b7-5-,9-8-,16-10-,17-11+. The van der Waals surface area contributed by atoms with Gasteiger partial charge in [-0.15, -0.1) is 23.5 Å². The van der Waals surface area contributed by atoms with Crippen LogP contribution in [0, 0.1) is 0 Å². The van der Waals surface area contributed by atoms with Crippen molar-refractivity contribution in [3.8, 4) is 0 Å². The summed E-state index contributed by atoms with van der Waals surface area (Å²) in [4.78, 5) is 1.33. The second kappa shape index (κ2) is 10.6. The molecule has 0 saturated heterocycles. The minimum absolute atomic E-state index is 1.03. The molecule has 0 N–H and O–H groups in total. The van der Waals surface area contributed by atoms with Gasteiger partial charge in [0, 0.05) is 11.5 Å². The summed E-state index contributed by atoms with van der Waals surface area (Å²) in [5, 5.41) is 2.28. The quantitative estimate of drug-likeness (QED) is 0.495. The highest BCUT2D eigenvalue weighted by atomic mass is 32.2. The summed E-state index contributed by atoms with van der Waals surface area (Å²) in [6.45, 7) is 10.0. The molecule has 1 aliphatic rings. The highest BCUT2D eigenvalue weighted by Gasteiger charge is 2.04. The summed E-state index contributed by atoms with van der Waals surface area (Å²) in [6.07, 6.45) is 16.9. The fourth-order valence-corrected chi connectivity index (χ4v) is 3.23. The molecule has 0 amide bonds. The molecule has 0 spiro atoms. The van der Waals surface area contributed by atoms with Crippen LogP contribution in [0.2, 0.25) is 0 Å². The summed E-state index contributed by atoms with van der Waals surface area (Å²) in [5.74, 6) is 2.09. The molecule has 2 heteroatoms. The first kappa shape index (κ1) is 17.9. The van der Waals surface area contributed by atoms with E-state index in [2.05, 4.69) is 62.3 Å². The van der Waals surface area contributed by atoms with E-state index in [4.69, 9.17) is 0 Å². The van der Waals surface area contributed by atoms with Gasteiger partial charge in [-0.3, -0.25) is 0 Å². The average molecular weight is 317 g/mol. The maximum absolute atomic E-state index is 3.76. The third-order valence-corrected chi connectivity index (χ3v) is 4.88. The van der Waals surface area contributed by atoms with Crippen LogP contribution in [0.5, 0.6) is 0 Å². The van der Waals surface area contributed by atoms with Gasteiger partial charge in [0.25, 0.3) is 0 Å². The lowest BCUT2D eigenvalue weighted by atomic mass is 10.2. The zero-order chi connectivity index (χ0) is 15.5. The Kier molecular flexibility index (Phi) is 9.04. The highest BCUT2D eigenvalue weighted by molar-refractivity contribution is 8.03. The van der Waals surface area contributed by atoms with Crippen molar-refractivity contribution in [2.24, 2.45) is 0 Å². The molecule has 0 atom stereocenters. The molecule has 0 saturated carbocycles. The van der Waals surface area contributed by atoms with E-state index in [1.165, 1.54) is 21.6 Å². The van der Waals surface area contributed by atoms with Crippen molar-refractivity contribution >= 4 is 23.5 Å². The molecule has 0 aromatic carbocycles. The van der Waals surface area contributed by atoms with Gasteiger partial charge in [-0.1, -0.05) is 60.8 Å². The van der Waals surface area contributed by atoms with Crippen LogP contribution in [0.4, 0.5) is 0 Å². The molecule has 0 unspecified atom stereocenters. The van der Waals surface area contributed by atoms with E-state index in [0.29, 0.717) is 0 Å². The predicted molar refractivity (Wildman–Crippen MR) is 103 cm³/mol. The maximum atomic E-state index is 3.76. The van der Waals surface area contributed by atoms with E-state index in [1.807, 2.05) is 42.6 Å². The Morgan fingerprint density at radius 3 is 2.86 bits per heavy atom. The number of hydrogen-bond donors (Lipinski definition) is 0. The van der Waals surface area contributed by atoms with Crippen LogP contribution in [0.15, 0.2) is 82.2 Å². The molecular weight excluding hydrogens is 292 g/mol. The van der Waals surface area contributed by atoms with E-state index < -0.39 is 0 Å². The Morgan fingerprint density at radius 2 is 2.14 bits per heavy atom. The van der Waals surface area contributed by atoms with Gasteiger partial charge < -0.3 is 0 Å². The second-order valence-electron chi connectivity index (χ2n) is 4.79. The monoisotopic (exact) mass is 316 g/mol. The third kappa shape index (κ3) is 8.03. The highest BCUT2D eigenvalue weighted by Crippen LogP contribution is 2.26. The minimum Gasteiger partial charge on any atom is -0.129 e. The Labute approximate surface area is 138 Å². The van der Waals surface area contributed by atoms with Crippen LogP contribution in [-0.2, 0) is 0 Å². The predicted octanol–water partition coefficient (Wildman–Crippen LogP) is 6.45. The van der Waals surface area contributed by atoms with Gasteiger partial charge in [-0.05, 0) is 42.2 Å². The SMILES string of the molecule is C=C/C(C)=C\C=C(/C)SCC1=CSCC(/C=C\C=C/C)=C1. The number of rotatable bonds is 7. The van der Waals surface area contributed by atoms with Gasteiger partial charge in [-0.25, -0.2) is 0 Å². The van der Waals surface area contributed by atoms with Crippen molar-refractivity contribution in [3.63, 3.8) is 0 Å². The van der Waals surface area contributed by atoms with E-state index in [-0.39, 0.29) is 0 Å². The summed E-state index contributed by atoms with van der Waals surface area (Å²) < 4.78 is 0. The molecule has 0 aliphatic carbocycles. The van der Waals surface area contributed by atoms with Crippen LogP contribution in [0.3, 0.4) is 0 Å². The Hall–Kier alpha value is -1.12. The molecule has 0 bridgehead atoms. The molecular formula is C19H24S2. The first-order valence-electron chi connectivity index (χ1n) is 7.06. The van der Waals surface area contributed by atoms with Gasteiger partial charge in [0.05, 0.1) is 0 Å². The molecule has 0 nitrogen and oxygen atoms in total. The van der Waals surface area contributed by atoms with E-state index in [0.717, 1.165) is 11.5 Å². The molecule has 0 fully saturated rings. The largest absolute Gasteiger partial charge is 0.129 e. The smallest absolute Gasteiger partial charge is 0.0233 e. The van der Waals surface area contributed by atoms with E-state index in [1.54, 1.807) is 0 Å². The zero-order valence-corrected chi connectivity index (χ0v) is 14.8. The van der Waals surface area contributed by atoms with Crippen molar-refractivity contribution in [1.82, 2.24) is 0 Å². The lowest BCUT2D eigenvalue weighted by Crippen LogP contribution is -1.93. The van der Waals surface area contributed by atoms with Crippen molar-refractivity contribution < 1.29 is 0 Å². The van der Waals surface area contributed by atoms with Crippen molar-refractivity contribution in [2.75, 3.05) is 11.5 Å². The van der Waals surface area contributed by atoms with Crippen molar-refractivity contribution in [3.05, 3.63) is 82.2 Å². The van der Waals surface area contributed by atoms with E-state index >= 15 is 0 Å². The normalized spacial score (nSPS) is 17.3. The Bertz CT molecular complexity index is 526. The number of thioether (sulfide) groups is 2. The van der Waals surface area contributed by atoms with E-state index in [9.17, 15) is 0 Å². The first-order valence-corrected chi connectivity index (χ1v) is 9.10. The summed E-state index contributed by atoms with van der Waals surface area (Å²) in [5.41, 5.74) is 3.98. The van der Waals surface area contributed by atoms with Gasteiger partial charge >= 0.3 is 0 Å². The van der Waals surface area contributed by atoms with Crippen LogP contribution in [0.25, 0.3) is 0 Å². The fraction of sp³-hybridized carbons (Fsp3) is 0.263. The van der Waals surface area contributed by atoms with Crippen LogP contribution in [0.1, 0.15) is 20.8 Å². The Balaban J connectivity index is 2.55. The second-order valence-corrected chi connectivity index (χ2v) is 6.87. The molecule has 1 heterocycles. The zero-order valence-electron chi connectivity index (χ0n) is 13.1. The number of hydrogen-bond acceptors (Lipinski definition) is 2. The first-order chi connectivity index (χ1) is 10.2. The molecule has 0 radical (unpaired) electrons. The van der Waals surface area contributed by atoms with Crippen LogP contribution < -0.4 is 0 Å². The topological polar surface area (TPSA) is 0 Å².